The van der Waals surface area contributed by atoms with Gasteiger partial charge in [-0.05, 0) is 34.5 Å². The second-order valence-electron chi connectivity index (χ2n) is 6.01. The zero-order valence-electron chi connectivity index (χ0n) is 15.5. The number of carbonyl (C=O) groups is 1. The first-order chi connectivity index (χ1) is 13.6. The molecular weight excluding hydrogens is 392 g/mol. The molecule has 0 aliphatic carbocycles. The summed E-state index contributed by atoms with van der Waals surface area (Å²) in [4.78, 5) is 16.4. The fourth-order valence-electron chi connectivity index (χ4n) is 2.46. The molecule has 5 N–H and O–H groups in total. The fraction of sp³-hybridized carbons (Fsp3) is 0.0500. The third-order valence-corrected chi connectivity index (χ3v) is 3.55. The molecule has 3 rings (SSSR count). The number of amides is 1. The second kappa shape index (κ2) is 9.58. The number of nitrogens with two attached hydrogens (primary N) is 1. The molecule has 1 heterocycles. The van der Waals surface area contributed by atoms with E-state index in [0.717, 1.165) is 16.3 Å². The van der Waals surface area contributed by atoms with Crippen LogP contribution in [-0.4, -0.2) is 36.1 Å². The average Bonchev–Trinajstić information content (AvgIpc) is 2.64. The quantitative estimate of drug-likeness (QED) is 0.225. The van der Waals surface area contributed by atoms with Gasteiger partial charge in [0.25, 0.3) is 16.0 Å². The highest BCUT2D eigenvalue weighted by molar-refractivity contribution is 7.85. The van der Waals surface area contributed by atoms with Gasteiger partial charge in [-0.1, -0.05) is 42.5 Å². The maximum absolute atomic E-state index is 12.4. The maximum atomic E-state index is 12.4. The van der Waals surface area contributed by atoms with Crippen LogP contribution in [-0.2, 0) is 14.9 Å². The Hall–Kier alpha value is -3.56. The van der Waals surface area contributed by atoms with E-state index in [0.29, 0.717) is 17.4 Å². The average molecular weight is 412 g/mol. The normalized spacial score (nSPS) is 11.3. The number of fused-ring (bicyclic) bond motifs is 1. The summed E-state index contributed by atoms with van der Waals surface area (Å²) in [6.45, 7) is 0. The lowest BCUT2D eigenvalue weighted by Crippen LogP contribution is -2.36. The predicted octanol–water partition coefficient (Wildman–Crippen LogP) is 2.29. The molecule has 0 saturated carbocycles. The summed E-state index contributed by atoms with van der Waals surface area (Å²) in [7, 11) is -3.67. The van der Waals surface area contributed by atoms with Crippen LogP contribution >= 0.6 is 0 Å². The lowest BCUT2D eigenvalue weighted by atomic mass is 10.0. The van der Waals surface area contributed by atoms with E-state index in [-0.39, 0.29) is 0 Å². The molecule has 0 bridgehead atoms. The summed E-state index contributed by atoms with van der Waals surface area (Å²) < 4.78 is 25.9. The number of aromatic nitrogens is 1. The first-order valence-corrected chi connectivity index (χ1v) is 10.2. The Labute approximate surface area is 168 Å². The highest BCUT2D eigenvalue weighted by atomic mass is 32.2. The van der Waals surface area contributed by atoms with Crippen molar-refractivity contribution in [2.45, 2.75) is 0 Å². The molecule has 0 fully saturated rings. The number of nitrogens with zero attached hydrogens (tertiary/aromatic N) is 1. The van der Waals surface area contributed by atoms with Crippen LogP contribution in [0.3, 0.4) is 0 Å². The monoisotopic (exact) mass is 412 g/mol. The number of nitrogens with one attached hydrogen (secondary N) is 2. The van der Waals surface area contributed by atoms with E-state index in [1.165, 1.54) is 0 Å². The molecule has 29 heavy (non-hydrogen) atoms. The smallest absolute Gasteiger partial charge is 0.261 e. The highest BCUT2D eigenvalue weighted by Gasteiger charge is 2.13. The molecule has 0 aliphatic heterocycles. The van der Waals surface area contributed by atoms with Crippen LogP contribution in [0, 0.1) is 5.41 Å². The van der Waals surface area contributed by atoms with Gasteiger partial charge < -0.3 is 5.73 Å². The molecule has 3 aromatic rings. The van der Waals surface area contributed by atoms with Crippen LogP contribution in [0.15, 0.2) is 67.0 Å². The van der Waals surface area contributed by atoms with Crippen LogP contribution in [0.1, 0.15) is 11.1 Å². The molecule has 0 saturated heterocycles. The number of benzene rings is 2. The summed E-state index contributed by atoms with van der Waals surface area (Å²) >= 11 is 0. The molecule has 1 amide bonds. The molecule has 0 aliphatic rings. The van der Waals surface area contributed by atoms with Crippen molar-refractivity contribution in [2.75, 3.05) is 6.26 Å². The van der Waals surface area contributed by atoms with Crippen molar-refractivity contribution in [1.82, 2.24) is 10.3 Å². The van der Waals surface area contributed by atoms with Crippen molar-refractivity contribution in [2.24, 2.45) is 5.73 Å². The van der Waals surface area contributed by atoms with Gasteiger partial charge in [-0.3, -0.25) is 25.1 Å². The van der Waals surface area contributed by atoms with Gasteiger partial charge in [0, 0.05) is 23.5 Å². The first kappa shape index (κ1) is 21.7. The Kier molecular flexibility index (Phi) is 7.18. The van der Waals surface area contributed by atoms with Gasteiger partial charge in [-0.15, -0.1) is 0 Å². The summed E-state index contributed by atoms with van der Waals surface area (Å²) in [5.41, 5.74) is 7.22. The van der Waals surface area contributed by atoms with Gasteiger partial charge in [0.15, 0.2) is 5.96 Å². The van der Waals surface area contributed by atoms with Gasteiger partial charge in [0.1, 0.15) is 0 Å². The lowest BCUT2D eigenvalue weighted by Gasteiger charge is -2.08. The number of carbonyl (C=O) groups excluding carboxylic acids is 1. The molecule has 2 aromatic carbocycles. The van der Waals surface area contributed by atoms with Gasteiger partial charge in [-0.2, -0.15) is 8.42 Å². The van der Waals surface area contributed by atoms with Gasteiger partial charge in [0.05, 0.1) is 6.26 Å². The van der Waals surface area contributed by atoms with Crippen molar-refractivity contribution < 1.29 is 17.8 Å². The van der Waals surface area contributed by atoms with E-state index in [2.05, 4.69) is 10.3 Å². The number of hydrogen-bond acceptors (Lipinski definition) is 5. The van der Waals surface area contributed by atoms with E-state index in [1.54, 1.807) is 30.6 Å². The number of pyridine rings is 1. The summed E-state index contributed by atoms with van der Waals surface area (Å²) in [6.07, 6.45) is 5.72. The third-order valence-electron chi connectivity index (χ3n) is 3.55. The molecular formula is C20H20N4O4S. The van der Waals surface area contributed by atoms with Crippen molar-refractivity contribution in [3.63, 3.8) is 0 Å². The van der Waals surface area contributed by atoms with E-state index in [1.807, 2.05) is 42.5 Å². The SMILES string of the molecule is CS(=O)(=O)O.N=C(N)NC(=O)/C(=C/c1ccc2ccccc2c1)c1cccnc1. The minimum Gasteiger partial charge on any atom is -0.370 e. The lowest BCUT2D eigenvalue weighted by molar-refractivity contribution is -0.114. The molecule has 1 aromatic heterocycles. The molecule has 0 unspecified atom stereocenters. The molecule has 8 nitrogen and oxygen atoms in total. The summed E-state index contributed by atoms with van der Waals surface area (Å²) in [5, 5.41) is 11.8. The second-order valence-corrected chi connectivity index (χ2v) is 7.47. The molecule has 0 radical (unpaired) electrons. The highest BCUT2D eigenvalue weighted by Crippen LogP contribution is 2.21. The topological polar surface area (TPSA) is 146 Å². The molecule has 0 atom stereocenters. The van der Waals surface area contributed by atoms with Crippen LogP contribution in [0.4, 0.5) is 0 Å². The van der Waals surface area contributed by atoms with Crippen molar-refractivity contribution >= 4 is 44.4 Å². The number of hydrogen-bond donors (Lipinski definition) is 4. The van der Waals surface area contributed by atoms with Crippen molar-refractivity contribution in [3.8, 4) is 0 Å². The standard InChI is InChI=1S/C19H16N4O.CH4O3S/c20-19(21)23-18(24)17(16-6-3-9-22-12-16)11-13-7-8-14-4-1-2-5-15(14)10-13;1-5(2,3)4/h1-12H,(H4,20,21,23,24);1H3,(H,2,3,4)/b17-11+;. The number of rotatable bonds is 3. The fourth-order valence-corrected chi connectivity index (χ4v) is 2.46. The van der Waals surface area contributed by atoms with Crippen molar-refractivity contribution in [3.05, 3.63) is 78.1 Å². The van der Waals surface area contributed by atoms with Gasteiger partial charge >= 0.3 is 0 Å². The largest absolute Gasteiger partial charge is 0.370 e. The number of guanidine groups is 1. The van der Waals surface area contributed by atoms with Gasteiger partial charge in [-0.25, -0.2) is 0 Å². The van der Waals surface area contributed by atoms with Crippen LogP contribution < -0.4 is 11.1 Å². The summed E-state index contributed by atoms with van der Waals surface area (Å²) in [5.74, 6) is -0.836. The minimum absolute atomic E-state index is 0.395. The van der Waals surface area contributed by atoms with Crippen LogP contribution in [0.25, 0.3) is 22.4 Å². The minimum atomic E-state index is -3.67. The van der Waals surface area contributed by atoms with E-state index < -0.39 is 22.0 Å². The van der Waals surface area contributed by atoms with Gasteiger partial charge in [0.2, 0.25) is 0 Å². The molecule has 9 heteroatoms. The van der Waals surface area contributed by atoms with E-state index >= 15 is 0 Å². The Bertz CT molecular complexity index is 1150. The maximum Gasteiger partial charge on any atom is 0.261 e. The van der Waals surface area contributed by atoms with E-state index in [9.17, 15) is 13.2 Å². The zero-order valence-corrected chi connectivity index (χ0v) is 16.3. The van der Waals surface area contributed by atoms with Crippen LogP contribution in [0.5, 0.6) is 0 Å². The Morgan fingerprint density at radius 1 is 1.14 bits per heavy atom. The first-order valence-electron chi connectivity index (χ1n) is 8.32. The zero-order chi connectivity index (χ0) is 21.4. The molecule has 0 spiro atoms. The van der Waals surface area contributed by atoms with Crippen LogP contribution in [0.2, 0.25) is 0 Å². The summed E-state index contributed by atoms with van der Waals surface area (Å²) in [6, 6.07) is 17.5. The predicted molar refractivity (Wildman–Crippen MR) is 114 cm³/mol. The Morgan fingerprint density at radius 3 is 2.38 bits per heavy atom. The molecule has 150 valence electrons. The van der Waals surface area contributed by atoms with E-state index in [4.69, 9.17) is 15.7 Å². The van der Waals surface area contributed by atoms with Crippen molar-refractivity contribution in [1.29, 1.82) is 5.41 Å². The third kappa shape index (κ3) is 7.53. The Morgan fingerprint density at radius 2 is 1.79 bits per heavy atom. The Balaban J connectivity index is 0.000000537.